The van der Waals surface area contributed by atoms with Gasteiger partial charge in [-0.3, -0.25) is 5.10 Å². The maximum atomic E-state index is 12.3. The summed E-state index contributed by atoms with van der Waals surface area (Å²) in [6.45, 7) is 3.67. The van der Waals surface area contributed by atoms with Crippen LogP contribution < -0.4 is 4.90 Å². The molecule has 1 aromatic carbocycles. The zero-order valence-corrected chi connectivity index (χ0v) is 14.5. The average Bonchev–Trinajstić information content (AvgIpc) is 2.90. The molecule has 1 N–H and O–H groups in total. The molecular formula is C16H22N4O2S. The molecule has 23 heavy (non-hydrogen) atoms. The van der Waals surface area contributed by atoms with Gasteiger partial charge < -0.3 is 4.90 Å². The number of anilines is 1. The summed E-state index contributed by atoms with van der Waals surface area (Å²) in [6.07, 6.45) is 2.05. The molecule has 0 fully saturated rings. The minimum atomic E-state index is -3.40. The molecule has 1 aliphatic rings. The Bertz CT molecular complexity index is 811. The Labute approximate surface area is 137 Å². The van der Waals surface area contributed by atoms with Crippen molar-refractivity contribution in [2.24, 2.45) is 0 Å². The van der Waals surface area contributed by atoms with Crippen molar-refractivity contribution in [3.05, 3.63) is 41.2 Å². The van der Waals surface area contributed by atoms with Crippen LogP contribution in [-0.4, -0.2) is 43.6 Å². The smallest absolute Gasteiger partial charge is 0.242 e. The maximum Gasteiger partial charge on any atom is 0.242 e. The van der Waals surface area contributed by atoms with Crippen LogP contribution in [0.15, 0.2) is 29.2 Å². The van der Waals surface area contributed by atoms with Crippen molar-refractivity contribution in [1.82, 2.24) is 14.5 Å². The van der Waals surface area contributed by atoms with Gasteiger partial charge in [-0.25, -0.2) is 12.7 Å². The molecule has 0 aliphatic carbocycles. The second-order valence-corrected chi connectivity index (χ2v) is 8.26. The average molecular weight is 334 g/mol. The van der Waals surface area contributed by atoms with E-state index in [1.165, 1.54) is 4.31 Å². The number of aromatic nitrogens is 2. The molecule has 1 aromatic heterocycles. The first-order valence-corrected chi connectivity index (χ1v) is 9.14. The first kappa shape index (κ1) is 16.0. The molecule has 0 atom stereocenters. The van der Waals surface area contributed by atoms with Crippen LogP contribution in [0.25, 0.3) is 0 Å². The first-order chi connectivity index (χ1) is 10.9. The van der Waals surface area contributed by atoms with Crippen LogP contribution in [0.5, 0.6) is 0 Å². The van der Waals surface area contributed by atoms with Gasteiger partial charge in [0, 0.05) is 27.2 Å². The fourth-order valence-electron chi connectivity index (χ4n) is 3.01. The highest BCUT2D eigenvalue weighted by atomic mass is 32.2. The van der Waals surface area contributed by atoms with E-state index in [2.05, 4.69) is 15.1 Å². The molecule has 0 unspecified atom stereocenters. The summed E-state index contributed by atoms with van der Waals surface area (Å²) >= 11 is 0. The highest BCUT2D eigenvalue weighted by molar-refractivity contribution is 7.89. The van der Waals surface area contributed by atoms with Gasteiger partial charge in [-0.2, -0.15) is 5.10 Å². The Hall–Kier alpha value is -1.86. The van der Waals surface area contributed by atoms with Gasteiger partial charge in [0.15, 0.2) is 0 Å². The van der Waals surface area contributed by atoms with Crippen LogP contribution in [0.4, 0.5) is 5.69 Å². The van der Waals surface area contributed by atoms with Crippen molar-refractivity contribution in [1.29, 1.82) is 0 Å². The number of nitrogens with one attached hydrogen (secondary N) is 1. The monoisotopic (exact) mass is 334 g/mol. The number of fused-ring (bicyclic) bond motifs is 1. The number of benzene rings is 1. The summed E-state index contributed by atoms with van der Waals surface area (Å²) in [6, 6.07) is 7.18. The molecule has 7 heteroatoms. The molecule has 0 bridgehead atoms. The molecular weight excluding hydrogens is 312 g/mol. The molecule has 2 aromatic rings. The molecule has 0 saturated heterocycles. The number of nitrogens with zero attached hydrogens (tertiary/aromatic N) is 3. The lowest BCUT2D eigenvalue weighted by Crippen LogP contribution is -2.29. The lowest BCUT2D eigenvalue weighted by atomic mass is 10.1. The van der Waals surface area contributed by atoms with Crippen LogP contribution in [0.2, 0.25) is 0 Å². The molecule has 6 nitrogen and oxygen atoms in total. The normalized spacial score (nSPS) is 15.0. The van der Waals surface area contributed by atoms with Crippen molar-refractivity contribution in [3.63, 3.8) is 0 Å². The minimum absolute atomic E-state index is 0.334. The van der Waals surface area contributed by atoms with Crippen LogP contribution >= 0.6 is 0 Å². The predicted octanol–water partition coefficient (Wildman–Crippen LogP) is 1.92. The van der Waals surface area contributed by atoms with Crippen LogP contribution in [0.1, 0.15) is 23.4 Å². The van der Waals surface area contributed by atoms with E-state index in [0.717, 1.165) is 42.0 Å². The van der Waals surface area contributed by atoms with Gasteiger partial charge in [0.05, 0.1) is 22.0 Å². The van der Waals surface area contributed by atoms with Crippen molar-refractivity contribution in [2.75, 3.05) is 25.5 Å². The third-order valence-electron chi connectivity index (χ3n) is 4.20. The number of H-pyrrole nitrogens is 1. The Morgan fingerprint density at radius 1 is 1.35 bits per heavy atom. The zero-order valence-electron chi connectivity index (χ0n) is 13.7. The van der Waals surface area contributed by atoms with Gasteiger partial charge in [-0.1, -0.05) is 12.1 Å². The molecule has 2 heterocycles. The summed E-state index contributed by atoms with van der Waals surface area (Å²) in [7, 11) is -0.303. The first-order valence-electron chi connectivity index (χ1n) is 7.70. The van der Waals surface area contributed by atoms with E-state index in [4.69, 9.17) is 0 Å². The molecule has 0 saturated carbocycles. The number of sulfonamides is 1. The fraction of sp³-hybridized carbons (Fsp3) is 0.438. The lowest BCUT2D eigenvalue weighted by molar-refractivity contribution is 0.520. The second kappa shape index (κ2) is 5.98. The van der Waals surface area contributed by atoms with E-state index >= 15 is 0 Å². The second-order valence-electron chi connectivity index (χ2n) is 6.10. The fourth-order valence-corrected chi connectivity index (χ4v) is 3.98. The SMILES string of the molecule is Cc1[nH]nc2c1N(Cc1cccc(S(=O)(=O)N(C)C)c1)CCC2. The Morgan fingerprint density at radius 2 is 2.13 bits per heavy atom. The van der Waals surface area contributed by atoms with Crippen LogP contribution in [0.3, 0.4) is 0 Å². The number of aryl methyl sites for hydroxylation is 2. The Morgan fingerprint density at radius 3 is 2.87 bits per heavy atom. The molecule has 3 rings (SSSR count). The van der Waals surface area contributed by atoms with Crippen molar-refractivity contribution in [2.45, 2.75) is 31.2 Å². The molecule has 1 aliphatic heterocycles. The third kappa shape index (κ3) is 2.98. The quantitative estimate of drug-likeness (QED) is 0.927. The third-order valence-corrected chi connectivity index (χ3v) is 6.01. The van der Waals surface area contributed by atoms with E-state index in [1.807, 2.05) is 13.0 Å². The van der Waals surface area contributed by atoms with Gasteiger partial charge in [-0.15, -0.1) is 0 Å². The standard InChI is InChI=1S/C16H22N4O2S/c1-12-16-15(18-17-12)8-5-9-20(16)11-13-6-4-7-14(10-13)23(21,22)19(2)3/h4,6-7,10H,5,8-9,11H2,1-3H3,(H,17,18). The van der Waals surface area contributed by atoms with E-state index in [1.54, 1.807) is 32.3 Å². The molecule has 0 amide bonds. The summed E-state index contributed by atoms with van der Waals surface area (Å²) in [5.74, 6) is 0. The summed E-state index contributed by atoms with van der Waals surface area (Å²) in [5.41, 5.74) is 4.32. The Kier molecular flexibility index (Phi) is 4.16. The Balaban J connectivity index is 1.89. The number of hydrogen-bond acceptors (Lipinski definition) is 4. The van der Waals surface area contributed by atoms with Crippen molar-refractivity contribution < 1.29 is 8.42 Å². The van der Waals surface area contributed by atoms with E-state index < -0.39 is 10.0 Å². The van der Waals surface area contributed by atoms with Crippen LogP contribution in [0, 0.1) is 6.92 Å². The molecule has 124 valence electrons. The van der Waals surface area contributed by atoms with Gasteiger partial charge in [-0.05, 0) is 37.5 Å². The maximum absolute atomic E-state index is 12.3. The molecule has 0 radical (unpaired) electrons. The topological polar surface area (TPSA) is 69.3 Å². The van der Waals surface area contributed by atoms with E-state index in [-0.39, 0.29) is 0 Å². The minimum Gasteiger partial charge on any atom is -0.364 e. The zero-order chi connectivity index (χ0) is 16.6. The predicted molar refractivity (Wildman–Crippen MR) is 90.0 cm³/mol. The summed E-state index contributed by atoms with van der Waals surface area (Å²) < 4.78 is 25.8. The highest BCUT2D eigenvalue weighted by Gasteiger charge is 2.23. The number of hydrogen-bond donors (Lipinski definition) is 1. The van der Waals surface area contributed by atoms with Gasteiger partial charge >= 0.3 is 0 Å². The summed E-state index contributed by atoms with van der Waals surface area (Å²) in [5, 5.41) is 7.41. The van der Waals surface area contributed by atoms with Crippen molar-refractivity contribution in [3.8, 4) is 0 Å². The summed E-state index contributed by atoms with van der Waals surface area (Å²) in [4.78, 5) is 2.61. The van der Waals surface area contributed by atoms with Gasteiger partial charge in [0.25, 0.3) is 0 Å². The van der Waals surface area contributed by atoms with E-state index in [0.29, 0.717) is 11.4 Å². The number of rotatable bonds is 4. The van der Waals surface area contributed by atoms with Crippen LogP contribution in [-0.2, 0) is 23.0 Å². The number of aromatic amines is 1. The van der Waals surface area contributed by atoms with E-state index in [9.17, 15) is 8.42 Å². The highest BCUT2D eigenvalue weighted by Crippen LogP contribution is 2.30. The van der Waals surface area contributed by atoms with Crippen molar-refractivity contribution >= 4 is 15.7 Å². The molecule has 0 spiro atoms. The van der Waals surface area contributed by atoms with Gasteiger partial charge in [0.2, 0.25) is 10.0 Å². The largest absolute Gasteiger partial charge is 0.364 e. The lowest BCUT2D eigenvalue weighted by Gasteiger charge is -2.29. The van der Waals surface area contributed by atoms with Gasteiger partial charge in [0.1, 0.15) is 0 Å².